The van der Waals surface area contributed by atoms with Crippen molar-refractivity contribution in [1.29, 1.82) is 0 Å². The molecule has 4 rings (SSSR count). The molecule has 8 heteroatoms. The number of carbonyl (C=O) groups is 1. The van der Waals surface area contributed by atoms with Crippen LogP contribution in [0.15, 0.2) is 42.7 Å². The standard InChI is InChI=1S/C24H29N5O2S/c1-18-20-22(25-10-16-31-2)26-17-27-23(20)32-21(18)24(30)29-14-12-28(13-15-29)11-6-9-19-7-4-3-5-8-19/h3-9,17H,10-16H2,1-2H3,(H,25,26,27)/b9-6+. The fraction of sp³-hybridized carbons (Fsp3) is 0.375. The quantitative estimate of drug-likeness (QED) is 0.529. The van der Waals surface area contributed by atoms with Gasteiger partial charge in [0.25, 0.3) is 5.91 Å². The molecule has 0 spiro atoms. The van der Waals surface area contributed by atoms with Gasteiger partial charge in [-0.25, -0.2) is 9.97 Å². The van der Waals surface area contributed by atoms with Crippen LogP contribution in [0.4, 0.5) is 5.82 Å². The Bertz CT molecular complexity index is 1070. The zero-order valence-corrected chi connectivity index (χ0v) is 19.4. The molecule has 0 radical (unpaired) electrons. The van der Waals surface area contributed by atoms with Gasteiger partial charge < -0.3 is 15.0 Å². The lowest BCUT2D eigenvalue weighted by Gasteiger charge is -2.34. The molecule has 3 aromatic rings. The van der Waals surface area contributed by atoms with Crippen LogP contribution in [0.1, 0.15) is 20.8 Å². The van der Waals surface area contributed by atoms with Gasteiger partial charge in [0.2, 0.25) is 0 Å². The van der Waals surface area contributed by atoms with Crippen LogP contribution in [0.2, 0.25) is 0 Å². The Morgan fingerprint density at radius 2 is 1.97 bits per heavy atom. The van der Waals surface area contributed by atoms with Crippen molar-refractivity contribution in [1.82, 2.24) is 19.8 Å². The topological polar surface area (TPSA) is 70.6 Å². The Kier molecular flexibility index (Phi) is 7.47. The van der Waals surface area contributed by atoms with E-state index in [0.717, 1.165) is 59.2 Å². The first-order chi connectivity index (χ1) is 15.7. The second-order valence-electron chi connectivity index (χ2n) is 7.78. The van der Waals surface area contributed by atoms with Crippen molar-refractivity contribution in [3.8, 4) is 0 Å². The fourth-order valence-electron chi connectivity index (χ4n) is 3.86. The first-order valence-corrected chi connectivity index (χ1v) is 11.7. The predicted molar refractivity (Wildman–Crippen MR) is 130 cm³/mol. The molecule has 1 saturated heterocycles. The number of piperazine rings is 1. The summed E-state index contributed by atoms with van der Waals surface area (Å²) in [6, 6.07) is 10.3. The lowest BCUT2D eigenvalue weighted by atomic mass is 10.1. The number of benzene rings is 1. The molecule has 1 amide bonds. The average molecular weight is 452 g/mol. The van der Waals surface area contributed by atoms with E-state index < -0.39 is 0 Å². The van der Waals surface area contributed by atoms with E-state index in [1.54, 1.807) is 13.4 Å². The fourth-order valence-corrected chi connectivity index (χ4v) is 4.98. The summed E-state index contributed by atoms with van der Waals surface area (Å²) in [5, 5.41) is 4.22. The van der Waals surface area contributed by atoms with Gasteiger partial charge in [0.15, 0.2) is 0 Å². The van der Waals surface area contributed by atoms with E-state index in [1.165, 1.54) is 16.9 Å². The molecule has 0 aliphatic carbocycles. The van der Waals surface area contributed by atoms with Gasteiger partial charge in [0.05, 0.1) is 16.9 Å². The highest BCUT2D eigenvalue weighted by Crippen LogP contribution is 2.34. The third kappa shape index (κ3) is 5.15. The van der Waals surface area contributed by atoms with Crippen LogP contribution in [-0.2, 0) is 4.74 Å². The SMILES string of the molecule is COCCNc1ncnc2sc(C(=O)N3CCN(C/C=C/c4ccccc4)CC3)c(C)c12. The highest BCUT2D eigenvalue weighted by molar-refractivity contribution is 7.20. The zero-order chi connectivity index (χ0) is 22.3. The van der Waals surface area contributed by atoms with Gasteiger partial charge in [-0.05, 0) is 18.1 Å². The first-order valence-electron chi connectivity index (χ1n) is 10.9. The maximum atomic E-state index is 13.3. The maximum Gasteiger partial charge on any atom is 0.264 e. The Hall–Kier alpha value is -2.81. The number of hydrogen-bond donors (Lipinski definition) is 1. The molecule has 32 heavy (non-hydrogen) atoms. The minimum absolute atomic E-state index is 0.0906. The lowest BCUT2D eigenvalue weighted by Crippen LogP contribution is -2.48. The number of rotatable bonds is 8. The summed E-state index contributed by atoms with van der Waals surface area (Å²) in [6.07, 6.45) is 5.89. The van der Waals surface area contributed by atoms with E-state index in [0.29, 0.717) is 13.2 Å². The number of nitrogens with zero attached hydrogens (tertiary/aromatic N) is 4. The summed E-state index contributed by atoms with van der Waals surface area (Å²) < 4.78 is 5.11. The number of hydrogen-bond acceptors (Lipinski definition) is 7. The van der Waals surface area contributed by atoms with Crippen molar-refractivity contribution in [2.24, 2.45) is 0 Å². The van der Waals surface area contributed by atoms with Crippen LogP contribution < -0.4 is 5.32 Å². The number of nitrogens with one attached hydrogen (secondary N) is 1. The number of anilines is 1. The molecule has 7 nitrogen and oxygen atoms in total. The molecule has 1 aliphatic heterocycles. The molecule has 1 aromatic carbocycles. The van der Waals surface area contributed by atoms with E-state index >= 15 is 0 Å². The number of carbonyl (C=O) groups excluding carboxylic acids is 1. The number of aromatic nitrogens is 2. The van der Waals surface area contributed by atoms with E-state index in [9.17, 15) is 4.79 Å². The molecule has 2 aromatic heterocycles. The normalized spacial score (nSPS) is 15.0. The van der Waals surface area contributed by atoms with Gasteiger partial charge in [0.1, 0.15) is 17.0 Å². The van der Waals surface area contributed by atoms with E-state index in [2.05, 4.69) is 44.5 Å². The largest absolute Gasteiger partial charge is 0.383 e. The summed E-state index contributed by atoms with van der Waals surface area (Å²) in [7, 11) is 1.67. The van der Waals surface area contributed by atoms with Gasteiger partial charge in [-0.2, -0.15) is 0 Å². The third-order valence-electron chi connectivity index (χ3n) is 5.65. The molecule has 0 atom stereocenters. The van der Waals surface area contributed by atoms with Crippen molar-refractivity contribution >= 4 is 39.4 Å². The first kappa shape index (κ1) is 22.4. The predicted octanol–water partition coefficient (Wildman–Crippen LogP) is 3.53. The number of ether oxygens (including phenoxy) is 1. The molecule has 1 fully saturated rings. The number of methoxy groups -OCH3 is 1. The van der Waals surface area contributed by atoms with Gasteiger partial charge in [-0.3, -0.25) is 9.69 Å². The van der Waals surface area contributed by atoms with E-state index in [-0.39, 0.29) is 5.91 Å². The third-order valence-corrected chi connectivity index (χ3v) is 6.84. The molecule has 0 bridgehead atoms. The molecule has 1 N–H and O–H groups in total. The smallest absolute Gasteiger partial charge is 0.264 e. The van der Waals surface area contributed by atoms with Crippen LogP contribution in [0.5, 0.6) is 0 Å². The lowest BCUT2D eigenvalue weighted by molar-refractivity contribution is 0.0654. The van der Waals surface area contributed by atoms with Gasteiger partial charge >= 0.3 is 0 Å². The average Bonchev–Trinajstić information content (AvgIpc) is 3.17. The molecule has 3 heterocycles. The van der Waals surface area contributed by atoms with Gasteiger partial charge in [-0.1, -0.05) is 42.5 Å². The molecular formula is C24H29N5O2S. The number of thiophene rings is 1. The van der Waals surface area contributed by atoms with Gasteiger partial charge in [0, 0.05) is 46.4 Å². The van der Waals surface area contributed by atoms with Crippen molar-refractivity contribution in [3.05, 3.63) is 58.7 Å². The maximum absolute atomic E-state index is 13.3. The Balaban J connectivity index is 1.38. The monoisotopic (exact) mass is 451 g/mol. The number of aryl methyl sites for hydroxylation is 1. The molecular weight excluding hydrogens is 422 g/mol. The highest BCUT2D eigenvalue weighted by atomic mass is 32.1. The second kappa shape index (κ2) is 10.7. The van der Waals surface area contributed by atoms with Crippen molar-refractivity contribution in [3.63, 3.8) is 0 Å². The van der Waals surface area contributed by atoms with Crippen LogP contribution in [0.3, 0.4) is 0 Å². The number of amides is 1. The van der Waals surface area contributed by atoms with Crippen molar-refractivity contribution in [2.75, 3.05) is 58.3 Å². The van der Waals surface area contributed by atoms with Crippen molar-refractivity contribution < 1.29 is 9.53 Å². The summed E-state index contributed by atoms with van der Waals surface area (Å²) in [5.41, 5.74) is 2.16. The van der Waals surface area contributed by atoms with E-state index in [1.807, 2.05) is 30.0 Å². The van der Waals surface area contributed by atoms with Crippen LogP contribution in [-0.4, -0.2) is 78.7 Å². The summed E-state index contributed by atoms with van der Waals surface area (Å²) in [5.74, 6) is 0.850. The zero-order valence-electron chi connectivity index (χ0n) is 18.6. The Labute approximate surface area is 192 Å². The second-order valence-corrected chi connectivity index (χ2v) is 8.78. The summed E-state index contributed by atoms with van der Waals surface area (Å²) in [6.45, 7) is 7.34. The van der Waals surface area contributed by atoms with E-state index in [4.69, 9.17) is 4.74 Å². The highest BCUT2D eigenvalue weighted by Gasteiger charge is 2.26. The molecule has 0 unspecified atom stereocenters. The van der Waals surface area contributed by atoms with Crippen LogP contribution in [0.25, 0.3) is 16.3 Å². The minimum Gasteiger partial charge on any atom is -0.383 e. The Morgan fingerprint density at radius 1 is 1.19 bits per heavy atom. The van der Waals surface area contributed by atoms with Crippen LogP contribution in [0, 0.1) is 6.92 Å². The molecule has 1 aliphatic rings. The summed E-state index contributed by atoms with van der Waals surface area (Å²) in [4.78, 5) is 28.0. The summed E-state index contributed by atoms with van der Waals surface area (Å²) >= 11 is 1.45. The van der Waals surface area contributed by atoms with Crippen molar-refractivity contribution in [2.45, 2.75) is 6.92 Å². The van der Waals surface area contributed by atoms with Crippen LogP contribution >= 0.6 is 11.3 Å². The number of fused-ring (bicyclic) bond motifs is 1. The molecule has 0 saturated carbocycles. The molecule has 168 valence electrons. The van der Waals surface area contributed by atoms with Gasteiger partial charge in [-0.15, -0.1) is 11.3 Å². The minimum atomic E-state index is 0.0906. The Morgan fingerprint density at radius 3 is 2.72 bits per heavy atom.